The maximum atomic E-state index is 10.0. The molecule has 0 aromatic rings. The molecule has 2 nitrogen and oxygen atoms in total. The smallest absolute Gasteiger partial charge is 0.309 e. The molecule has 1 N–H and O–H groups in total. The number of amides is 1. The maximum Gasteiger partial charge on any atom is 0.309 e. The van der Waals surface area contributed by atoms with Crippen LogP contribution in [0.3, 0.4) is 0 Å². The molecule has 3 unspecified atom stereocenters. The van der Waals surface area contributed by atoms with Gasteiger partial charge < -0.3 is 5.32 Å². The summed E-state index contributed by atoms with van der Waals surface area (Å²) < 4.78 is 0. The van der Waals surface area contributed by atoms with Crippen LogP contribution in [-0.4, -0.2) is 12.5 Å². The quantitative estimate of drug-likeness (QED) is 0.563. The topological polar surface area (TPSA) is 29.1 Å². The molecule has 2 rings (SSSR count). The summed E-state index contributed by atoms with van der Waals surface area (Å²) in [5, 5.41) is 2.77. The first-order valence-corrected chi connectivity index (χ1v) is 4.03. The highest BCUT2D eigenvalue weighted by atomic mass is 16.1. The minimum Gasteiger partial charge on any atom is -0.345 e. The zero-order valence-electron chi connectivity index (χ0n) is 5.97. The predicted molar refractivity (Wildman–Crippen MR) is 38.1 cm³/mol. The molecule has 0 spiro atoms. The van der Waals surface area contributed by atoms with Gasteiger partial charge in [0, 0.05) is 6.04 Å². The van der Waals surface area contributed by atoms with E-state index in [1.807, 2.05) is 0 Å². The van der Waals surface area contributed by atoms with E-state index in [1.54, 1.807) is 6.41 Å². The first-order valence-electron chi connectivity index (χ1n) is 4.03. The summed E-state index contributed by atoms with van der Waals surface area (Å²) in [6, 6.07) is 0.469. The van der Waals surface area contributed by atoms with Crippen molar-refractivity contribution in [3.05, 3.63) is 0 Å². The summed E-state index contributed by atoms with van der Waals surface area (Å²) in [5.41, 5.74) is 0. The van der Waals surface area contributed by atoms with Crippen molar-refractivity contribution in [2.75, 3.05) is 0 Å². The monoisotopic (exact) mass is 138 g/mol. The Hall–Kier alpha value is -0.530. The zero-order chi connectivity index (χ0) is 6.97. The molecule has 3 atom stereocenters. The molecule has 2 saturated carbocycles. The Morgan fingerprint density at radius 3 is 2.70 bits per heavy atom. The Morgan fingerprint density at radius 1 is 1.30 bits per heavy atom. The van der Waals surface area contributed by atoms with Crippen LogP contribution in [0.25, 0.3) is 0 Å². The molecule has 2 fully saturated rings. The van der Waals surface area contributed by atoms with Crippen molar-refractivity contribution in [1.82, 2.24) is 5.32 Å². The van der Waals surface area contributed by atoms with Crippen molar-refractivity contribution in [3.8, 4) is 0 Å². The van der Waals surface area contributed by atoms with Gasteiger partial charge in [-0.3, -0.25) is 4.79 Å². The van der Waals surface area contributed by atoms with E-state index < -0.39 is 0 Å². The van der Waals surface area contributed by atoms with Gasteiger partial charge in [0.05, 0.1) is 0 Å². The van der Waals surface area contributed by atoms with Gasteiger partial charge >= 0.3 is 6.41 Å². The van der Waals surface area contributed by atoms with Crippen LogP contribution in [0.1, 0.15) is 25.7 Å². The lowest BCUT2D eigenvalue weighted by Gasteiger charge is -2.19. The summed E-state index contributed by atoms with van der Waals surface area (Å²) in [6.07, 6.45) is 7.06. The van der Waals surface area contributed by atoms with Gasteiger partial charge in [-0.1, -0.05) is 6.42 Å². The molecular formula is C8H12NO. The molecule has 1 amide bonds. The fraction of sp³-hybridized carbons (Fsp3) is 0.875. The highest BCUT2D eigenvalue weighted by Gasteiger charge is 2.39. The van der Waals surface area contributed by atoms with E-state index in [0.29, 0.717) is 6.04 Å². The molecule has 1 radical (unpaired) electrons. The van der Waals surface area contributed by atoms with Crippen LogP contribution in [0.5, 0.6) is 0 Å². The van der Waals surface area contributed by atoms with Crippen LogP contribution in [0.2, 0.25) is 0 Å². The summed E-state index contributed by atoms with van der Waals surface area (Å²) in [5.74, 6) is 1.70. The molecule has 2 aliphatic rings. The highest BCUT2D eigenvalue weighted by Crippen LogP contribution is 2.44. The van der Waals surface area contributed by atoms with Crippen molar-refractivity contribution < 1.29 is 4.79 Å². The molecule has 0 heterocycles. The standard InChI is InChI=1S/C8H12NO/c10-5-9-8-4-6-1-2-7(8)3-6/h6-8H,1-4H2,(H,9,10). The lowest BCUT2D eigenvalue weighted by Crippen LogP contribution is -2.32. The van der Waals surface area contributed by atoms with Gasteiger partial charge in [-0.2, -0.15) is 0 Å². The number of hydrogen-bond donors (Lipinski definition) is 1. The molecule has 0 aromatic heterocycles. The summed E-state index contributed by atoms with van der Waals surface area (Å²) in [7, 11) is 0. The van der Waals surface area contributed by atoms with Crippen LogP contribution < -0.4 is 5.32 Å². The largest absolute Gasteiger partial charge is 0.345 e. The number of nitrogens with one attached hydrogen (secondary N) is 1. The molecule has 2 heteroatoms. The van der Waals surface area contributed by atoms with Gasteiger partial charge in [0.15, 0.2) is 0 Å². The lowest BCUT2D eigenvalue weighted by molar-refractivity contribution is 0.382. The molecule has 10 heavy (non-hydrogen) atoms. The van der Waals surface area contributed by atoms with Crippen molar-refractivity contribution in [3.63, 3.8) is 0 Å². The normalized spacial score (nSPS) is 43.8. The zero-order valence-corrected chi connectivity index (χ0v) is 5.97. The number of carbonyl (C=O) groups excluding carboxylic acids is 1. The molecule has 0 aromatic carbocycles. The van der Waals surface area contributed by atoms with Crippen molar-refractivity contribution in [2.24, 2.45) is 11.8 Å². The second-order valence-corrected chi connectivity index (χ2v) is 3.53. The van der Waals surface area contributed by atoms with E-state index in [4.69, 9.17) is 0 Å². The average Bonchev–Trinajstić information content (AvgIpc) is 2.48. The fourth-order valence-corrected chi connectivity index (χ4v) is 2.50. The van der Waals surface area contributed by atoms with Crippen molar-refractivity contribution in [1.29, 1.82) is 0 Å². The van der Waals surface area contributed by atoms with Crippen LogP contribution >= 0.6 is 0 Å². The summed E-state index contributed by atoms with van der Waals surface area (Å²) >= 11 is 0. The van der Waals surface area contributed by atoms with E-state index in [9.17, 15) is 4.79 Å². The third kappa shape index (κ3) is 0.825. The Kier molecular flexibility index (Phi) is 1.40. The van der Waals surface area contributed by atoms with Crippen LogP contribution in [0.15, 0.2) is 0 Å². The van der Waals surface area contributed by atoms with Crippen molar-refractivity contribution >= 4 is 6.41 Å². The Bertz CT molecular complexity index is 146. The number of fused-ring (bicyclic) bond motifs is 2. The molecule has 55 valence electrons. The minimum absolute atomic E-state index is 0.469. The third-order valence-corrected chi connectivity index (χ3v) is 2.98. The number of rotatable bonds is 2. The van der Waals surface area contributed by atoms with Gasteiger partial charge in [0.2, 0.25) is 0 Å². The molecule has 2 aliphatic carbocycles. The maximum absolute atomic E-state index is 10.0. The SMILES string of the molecule is O=[C]NC1CC2CCC1C2. The first-order chi connectivity index (χ1) is 4.90. The number of hydrogen-bond acceptors (Lipinski definition) is 1. The van der Waals surface area contributed by atoms with Crippen LogP contribution in [0.4, 0.5) is 0 Å². The highest BCUT2D eigenvalue weighted by molar-refractivity contribution is 5.48. The Balaban J connectivity index is 1.95. The minimum atomic E-state index is 0.469. The van der Waals surface area contributed by atoms with Crippen molar-refractivity contribution in [2.45, 2.75) is 31.7 Å². The van der Waals surface area contributed by atoms with E-state index in [-0.39, 0.29) is 0 Å². The van der Waals surface area contributed by atoms with Gasteiger partial charge in [0.25, 0.3) is 0 Å². The Morgan fingerprint density at radius 2 is 2.20 bits per heavy atom. The first kappa shape index (κ1) is 6.20. The summed E-state index contributed by atoms with van der Waals surface area (Å²) in [4.78, 5) is 10.0. The fourth-order valence-electron chi connectivity index (χ4n) is 2.50. The van der Waals surface area contributed by atoms with Crippen LogP contribution in [-0.2, 0) is 4.79 Å². The van der Waals surface area contributed by atoms with Gasteiger partial charge in [-0.25, -0.2) is 0 Å². The predicted octanol–water partition coefficient (Wildman–Crippen LogP) is 0.832. The lowest BCUT2D eigenvalue weighted by atomic mass is 9.96. The molecular weight excluding hydrogens is 126 g/mol. The summed E-state index contributed by atoms with van der Waals surface area (Å²) in [6.45, 7) is 0. The average molecular weight is 138 g/mol. The van der Waals surface area contributed by atoms with Crippen LogP contribution in [0, 0.1) is 11.8 Å². The second-order valence-electron chi connectivity index (χ2n) is 3.53. The van der Waals surface area contributed by atoms with E-state index in [2.05, 4.69) is 5.32 Å². The Labute approximate surface area is 61.0 Å². The molecule has 2 bridgehead atoms. The van der Waals surface area contributed by atoms with E-state index >= 15 is 0 Å². The molecule has 0 saturated heterocycles. The van der Waals surface area contributed by atoms with E-state index in [0.717, 1.165) is 11.8 Å². The molecule has 0 aliphatic heterocycles. The van der Waals surface area contributed by atoms with Gasteiger partial charge in [-0.15, -0.1) is 0 Å². The van der Waals surface area contributed by atoms with Gasteiger partial charge in [0.1, 0.15) is 0 Å². The second kappa shape index (κ2) is 2.26. The van der Waals surface area contributed by atoms with E-state index in [1.165, 1.54) is 25.7 Å². The third-order valence-electron chi connectivity index (χ3n) is 2.98. The van der Waals surface area contributed by atoms with Gasteiger partial charge in [-0.05, 0) is 31.1 Å².